The summed E-state index contributed by atoms with van der Waals surface area (Å²) in [6, 6.07) is 6.18. The zero-order valence-corrected chi connectivity index (χ0v) is 11.3. The summed E-state index contributed by atoms with van der Waals surface area (Å²) >= 11 is 0. The Labute approximate surface area is 104 Å². The minimum absolute atomic E-state index is 0.0962. The van der Waals surface area contributed by atoms with Crippen LogP contribution in [0.2, 0.25) is 0 Å². The first-order valence-corrected chi connectivity index (χ1v) is 6.02. The average Bonchev–Trinajstić information content (AvgIpc) is 2.23. The molecule has 0 amide bonds. The molecule has 17 heavy (non-hydrogen) atoms. The summed E-state index contributed by atoms with van der Waals surface area (Å²) in [6.45, 7) is 6.18. The van der Waals surface area contributed by atoms with Crippen LogP contribution in [0, 0.1) is 6.92 Å². The lowest BCUT2D eigenvalue weighted by Gasteiger charge is -2.16. The number of hydrogen-bond donors (Lipinski definition) is 1. The van der Waals surface area contributed by atoms with Crippen molar-refractivity contribution in [1.82, 2.24) is 0 Å². The monoisotopic (exact) mass is 233 g/mol. The van der Waals surface area contributed by atoms with Gasteiger partial charge in [0.2, 0.25) is 0 Å². The van der Waals surface area contributed by atoms with Crippen molar-refractivity contribution in [1.29, 1.82) is 0 Å². The van der Waals surface area contributed by atoms with Crippen molar-refractivity contribution in [2.24, 2.45) is 5.73 Å². The van der Waals surface area contributed by atoms with Crippen LogP contribution in [0.3, 0.4) is 0 Å². The number of ether oxygens (including phenoxy) is 1. The molecule has 0 saturated heterocycles. The van der Waals surface area contributed by atoms with Crippen molar-refractivity contribution in [3.63, 3.8) is 0 Å². The molecule has 0 aliphatic heterocycles. The van der Waals surface area contributed by atoms with Crippen LogP contribution in [0.15, 0.2) is 24.3 Å². The molecule has 0 heterocycles. The fourth-order valence-electron chi connectivity index (χ4n) is 1.65. The molecule has 2 nitrogen and oxygen atoms in total. The van der Waals surface area contributed by atoms with E-state index in [0.29, 0.717) is 0 Å². The van der Waals surface area contributed by atoms with E-state index in [0.717, 1.165) is 24.2 Å². The molecule has 2 N–H and O–H groups in total. The van der Waals surface area contributed by atoms with Crippen LogP contribution in [-0.2, 0) is 0 Å². The first-order chi connectivity index (χ1) is 7.92. The number of aryl methyl sites for hydroxylation is 1. The summed E-state index contributed by atoms with van der Waals surface area (Å²) in [5, 5.41) is 0. The molecule has 0 aliphatic carbocycles. The Bertz CT molecular complexity index is 388. The van der Waals surface area contributed by atoms with Gasteiger partial charge in [-0.25, -0.2) is 0 Å². The van der Waals surface area contributed by atoms with Crippen molar-refractivity contribution in [3.05, 3.63) is 35.4 Å². The van der Waals surface area contributed by atoms with Gasteiger partial charge in [0, 0.05) is 11.1 Å². The lowest BCUT2D eigenvalue weighted by atomic mass is 9.99. The highest BCUT2D eigenvalue weighted by molar-refractivity contribution is 5.58. The van der Waals surface area contributed by atoms with E-state index in [9.17, 15) is 0 Å². The maximum Gasteiger partial charge on any atom is 0.126 e. The molecule has 0 aliphatic rings. The van der Waals surface area contributed by atoms with Gasteiger partial charge in [-0.15, -0.1) is 0 Å². The lowest BCUT2D eigenvalue weighted by Crippen LogP contribution is -2.31. The highest BCUT2D eigenvalue weighted by atomic mass is 16.5. The van der Waals surface area contributed by atoms with Crippen molar-refractivity contribution >= 4 is 6.08 Å². The van der Waals surface area contributed by atoms with E-state index in [1.807, 2.05) is 19.9 Å². The van der Waals surface area contributed by atoms with Crippen LogP contribution in [0.1, 0.15) is 37.8 Å². The average molecular weight is 233 g/mol. The van der Waals surface area contributed by atoms with Gasteiger partial charge in [-0.1, -0.05) is 23.8 Å². The van der Waals surface area contributed by atoms with E-state index < -0.39 is 0 Å². The first-order valence-electron chi connectivity index (χ1n) is 6.02. The van der Waals surface area contributed by atoms with Gasteiger partial charge >= 0.3 is 0 Å². The van der Waals surface area contributed by atoms with Gasteiger partial charge in [0.05, 0.1) is 7.11 Å². The number of hydrogen-bond acceptors (Lipinski definition) is 2. The van der Waals surface area contributed by atoms with Crippen LogP contribution in [0.25, 0.3) is 6.08 Å². The summed E-state index contributed by atoms with van der Waals surface area (Å²) < 4.78 is 5.32. The number of benzene rings is 1. The first kappa shape index (κ1) is 13.8. The van der Waals surface area contributed by atoms with E-state index in [1.54, 1.807) is 7.11 Å². The van der Waals surface area contributed by atoms with Crippen molar-refractivity contribution in [3.8, 4) is 5.75 Å². The van der Waals surface area contributed by atoms with Crippen LogP contribution < -0.4 is 10.5 Å². The maximum atomic E-state index is 5.94. The van der Waals surface area contributed by atoms with E-state index in [1.165, 1.54) is 5.56 Å². The Morgan fingerprint density at radius 2 is 2.06 bits per heavy atom. The Balaban J connectivity index is 2.67. The molecular weight excluding hydrogens is 210 g/mol. The lowest BCUT2D eigenvalue weighted by molar-refractivity contribution is 0.413. The fraction of sp³-hybridized carbons (Fsp3) is 0.467. The minimum atomic E-state index is -0.0962. The standard InChI is InChI=1S/C15H23NO/c1-12-8-9-14(17-4)13(11-12)7-5-6-10-15(2,3)16/h5,7-9,11H,6,10,16H2,1-4H3/b7-5+. The highest BCUT2D eigenvalue weighted by Gasteiger charge is 2.08. The Kier molecular flexibility index (Phi) is 4.76. The fourth-order valence-corrected chi connectivity index (χ4v) is 1.65. The zero-order chi connectivity index (χ0) is 12.9. The molecule has 0 fully saturated rings. The summed E-state index contributed by atoms with van der Waals surface area (Å²) in [4.78, 5) is 0. The maximum absolute atomic E-state index is 5.94. The third kappa shape index (κ3) is 5.05. The third-order valence-corrected chi connectivity index (χ3v) is 2.64. The SMILES string of the molecule is COc1ccc(C)cc1/C=C/CCC(C)(C)N. The largest absolute Gasteiger partial charge is 0.496 e. The van der Waals surface area contributed by atoms with E-state index in [-0.39, 0.29) is 5.54 Å². The molecule has 1 rings (SSSR count). The second-order valence-electron chi connectivity index (χ2n) is 5.18. The summed E-state index contributed by atoms with van der Waals surface area (Å²) in [7, 11) is 1.70. The Morgan fingerprint density at radius 3 is 2.65 bits per heavy atom. The van der Waals surface area contributed by atoms with Crippen molar-refractivity contribution in [2.75, 3.05) is 7.11 Å². The quantitative estimate of drug-likeness (QED) is 0.844. The molecule has 1 aromatic rings. The summed E-state index contributed by atoms with van der Waals surface area (Å²) in [6.07, 6.45) is 6.24. The smallest absolute Gasteiger partial charge is 0.126 e. The van der Waals surface area contributed by atoms with Gasteiger partial charge in [-0.3, -0.25) is 0 Å². The van der Waals surface area contributed by atoms with E-state index >= 15 is 0 Å². The number of methoxy groups -OCH3 is 1. The molecular formula is C15H23NO. The molecule has 0 aromatic heterocycles. The van der Waals surface area contributed by atoms with Gasteiger partial charge in [-0.2, -0.15) is 0 Å². The van der Waals surface area contributed by atoms with Crippen molar-refractivity contribution in [2.45, 2.75) is 39.2 Å². The minimum Gasteiger partial charge on any atom is -0.496 e. The number of rotatable bonds is 5. The third-order valence-electron chi connectivity index (χ3n) is 2.64. The topological polar surface area (TPSA) is 35.2 Å². The second kappa shape index (κ2) is 5.87. The molecule has 0 radical (unpaired) electrons. The number of allylic oxidation sites excluding steroid dienone is 1. The summed E-state index contributed by atoms with van der Waals surface area (Å²) in [5.74, 6) is 0.916. The second-order valence-corrected chi connectivity index (χ2v) is 5.18. The number of nitrogens with two attached hydrogens (primary N) is 1. The normalized spacial score (nSPS) is 12.1. The molecule has 2 heteroatoms. The van der Waals surface area contributed by atoms with Crippen molar-refractivity contribution < 1.29 is 4.74 Å². The van der Waals surface area contributed by atoms with Crippen LogP contribution in [-0.4, -0.2) is 12.6 Å². The van der Waals surface area contributed by atoms with E-state index in [2.05, 4.69) is 31.2 Å². The van der Waals surface area contributed by atoms with Gasteiger partial charge in [-0.05, 0) is 45.7 Å². The van der Waals surface area contributed by atoms with Gasteiger partial charge < -0.3 is 10.5 Å². The Hall–Kier alpha value is -1.28. The summed E-state index contributed by atoms with van der Waals surface area (Å²) in [5.41, 5.74) is 8.21. The zero-order valence-electron chi connectivity index (χ0n) is 11.3. The predicted octanol–water partition coefficient (Wildman–Crippen LogP) is 3.53. The molecule has 1 aromatic carbocycles. The molecule has 0 atom stereocenters. The Morgan fingerprint density at radius 1 is 1.35 bits per heavy atom. The molecule has 0 bridgehead atoms. The van der Waals surface area contributed by atoms with Crippen LogP contribution in [0.4, 0.5) is 0 Å². The van der Waals surface area contributed by atoms with Gasteiger partial charge in [0.25, 0.3) is 0 Å². The van der Waals surface area contributed by atoms with Gasteiger partial charge in [0.15, 0.2) is 0 Å². The highest BCUT2D eigenvalue weighted by Crippen LogP contribution is 2.21. The molecule has 0 unspecified atom stereocenters. The van der Waals surface area contributed by atoms with Crippen LogP contribution in [0.5, 0.6) is 5.75 Å². The molecule has 94 valence electrons. The van der Waals surface area contributed by atoms with E-state index in [4.69, 9.17) is 10.5 Å². The van der Waals surface area contributed by atoms with Crippen LogP contribution >= 0.6 is 0 Å². The molecule has 0 spiro atoms. The molecule has 0 saturated carbocycles. The van der Waals surface area contributed by atoms with Gasteiger partial charge in [0.1, 0.15) is 5.75 Å². The predicted molar refractivity (Wildman–Crippen MR) is 74.3 cm³/mol.